The molecular formula is C9H9NOS. The SMILES string of the molecule is CCOc1cccc(SC#N)c1. The molecule has 0 aliphatic heterocycles. The van der Waals surface area contributed by atoms with Crippen LogP contribution in [0.25, 0.3) is 0 Å². The van der Waals surface area contributed by atoms with E-state index in [0.717, 1.165) is 22.4 Å². The first kappa shape index (κ1) is 8.95. The number of nitriles is 1. The van der Waals surface area contributed by atoms with Crippen molar-refractivity contribution in [2.75, 3.05) is 6.61 Å². The van der Waals surface area contributed by atoms with Gasteiger partial charge in [-0.1, -0.05) is 6.07 Å². The third kappa shape index (κ3) is 2.48. The Morgan fingerprint density at radius 3 is 3.08 bits per heavy atom. The second-order valence-corrected chi connectivity index (χ2v) is 2.96. The highest BCUT2D eigenvalue weighted by Crippen LogP contribution is 2.21. The monoisotopic (exact) mass is 179 g/mol. The van der Waals surface area contributed by atoms with E-state index >= 15 is 0 Å². The van der Waals surface area contributed by atoms with Gasteiger partial charge in [-0.05, 0) is 36.9 Å². The molecule has 0 saturated heterocycles. The number of rotatable bonds is 3. The lowest BCUT2D eigenvalue weighted by Crippen LogP contribution is -1.90. The molecule has 62 valence electrons. The molecule has 3 heteroatoms. The highest BCUT2D eigenvalue weighted by Gasteiger charge is 1.95. The van der Waals surface area contributed by atoms with Gasteiger partial charge in [0.1, 0.15) is 11.2 Å². The molecule has 0 atom stereocenters. The van der Waals surface area contributed by atoms with E-state index in [4.69, 9.17) is 10.00 Å². The van der Waals surface area contributed by atoms with E-state index in [-0.39, 0.29) is 0 Å². The van der Waals surface area contributed by atoms with Crippen LogP contribution in [-0.2, 0) is 0 Å². The molecular weight excluding hydrogens is 170 g/mol. The van der Waals surface area contributed by atoms with Gasteiger partial charge in [-0.25, -0.2) is 0 Å². The van der Waals surface area contributed by atoms with Gasteiger partial charge >= 0.3 is 0 Å². The van der Waals surface area contributed by atoms with Gasteiger partial charge in [-0.2, -0.15) is 5.26 Å². The fourth-order valence-corrected chi connectivity index (χ4v) is 1.27. The van der Waals surface area contributed by atoms with Crippen LogP contribution in [0.2, 0.25) is 0 Å². The smallest absolute Gasteiger partial charge is 0.138 e. The number of hydrogen-bond acceptors (Lipinski definition) is 3. The normalized spacial score (nSPS) is 9.00. The van der Waals surface area contributed by atoms with Crippen molar-refractivity contribution < 1.29 is 4.74 Å². The summed E-state index contributed by atoms with van der Waals surface area (Å²) in [7, 11) is 0. The van der Waals surface area contributed by atoms with Crippen molar-refractivity contribution in [1.82, 2.24) is 0 Å². The topological polar surface area (TPSA) is 33.0 Å². The van der Waals surface area contributed by atoms with E-state index in [0.29, 0.717) is 6.61 Å². The van der Waals surface area contributed by atoms with Gasteiger partial charge < -0.3 is 4.74 Å². The fraction of sp³-hybridized carbons (Fsp3) is 0.222. The summed E-state index contributed by atoms with van der Waals surface area (Å²) in [6.45, 7) is 2.59. The largest absolute Gasteiger partial charge is 0.494 e. The van der Waals surface area contributed by atoms with Gasteiger partial charge in [-0.15, -0.1) is 0 Å². The Bertz CT molecular complexity index is 293. The molecule has 0 saturated carbocycles. The molecule has 0 spiro atoms. The number of nitrogens with zero attached hydrogens (tertiary/aromatic N) is 1. The van der Waals surface area contributed by atoms with Gasteiger partial charge in [0, 0.05) is 4.90 Å². The summed E-state index contributed by atoms with van der Waals surface area (Å²) in [5.74, 6) is 0.817. The first-order chi connectivity index (χ1) is 5.86. The van der Waals surface area contributed by atoms with Crippen LogP contribution in [0.5, 0.6) is 5.75 Å². The van der Waals surface area contributed by atoms with E-state index in [2.05, 4.69) is 0 Å². The Hall–Kier alpha value is -1.14. The van der Waals surface area contributed by atoms with E-state index in [1.54, 1.807) is 0 Å². The van der Waals surface area contributed by atoms with Crippen LogP contribution in [0, 0.1) is 10.7 Å². The number of ether oxygens (including phenoxy) is 1. The molecule has 1 aromatic carbocycles. The van der Waals surface area contributed by atoms with Gasteiger partial charge in [0.15, 0.2) is 0 Å². The van der Waals surface area contributed by atoms with Crippen molar-refractivity contribution in [2.24, 2.45) is 0 Å². The van der Waals surface area contributed by atoms with Crippen LogP contribution in [0.15, 0.2) is 29.2 Å². The van der Waals surface area contributed by atoms with Crippen molar-refractivity contribution in [3.05, 3.63) is 24.3 Å². The maximum Gasteiger partial charge on any atom is 0.138 e. The van der Waals surface area contributed by atoms with Gasteiger partial charge in [0.25, 0.3) is 0 Å². The Balaban J connectivity index is 2.75. The highest BCUT2D eigenvalue weighted by atomic mass is 32.2. The molecule has 0 aliphatic carbocycles. The zero-order chi connectivity index (χ0) is 8.81. The molecule has 1 aromatic rings. The number of thioether (sulfide) groups is 1. The maximum atomic E-state index is 8.41. The molecule has 12 heavy (non-hydrogen) atoms. The van der Waals surface area contributed by atoms with Crippen LogP contribution in [0.4, 0.5) is 0 Å². The minimum atomic E-state index is 0.653. The van der Waals surface area contributed by atoms with Crippen molar-refractivity contribution in [1.29, 1.82) is 5.26 Å². The third-order valence-corrected chi connectivity index (χ3v) is 1.86. The van der Waals surface area contributed by atoms with E-state index < -0.39 is 0 Å². The summed E-state index contributed by atoms with van der Waals surface area (Å²) >= 11 is 1.14. The van der Waals surface area contributed by atoms with Gasteiger partial charge in [0.05, 0.1) is 6.61 Å². The molecule has 0 radical (unpaired) electrons. The van der Waals surface area contributed by atoms with Gasteiger partial charge in [0.2, 0.25) is 0 Å². The van der Waals surface area contributed by atoms with E-state index in [1.807, 2.05) is 36.6 Å². The predicted octanol–water partition coefficient (Wildman–Crippen LogP) is 2.66. The summed E-state index contributed by atoms with van der Waals surface area (Å²) in [4.78, 5) is 0.920. The zero-order valence-corrected chi connectivity index (χ0v) is 7.60. The third-order valence-electron chi connectivity index (χ3n) is 1.28. The highest BCUT2D eigenvalue weighted by molar-refractivity contribution is 8.03. The van der Waals surface area contributed by atoms with Gasteiger partial charge in [-0.3, -0.25) is 0 Å². The van der Waals surface area contributed by atoms with E-state index in [1.165, 1.54) is 0 Å². The standard InChI is InChI=1S/C9H9NOS/c1-2-11-8-4-3-5-9(6-8)12-7-10/h3-6H,2H2,1H3. The quantitative estimate of drug-likeness (QED) is 0.528. The molecule has 0 heterocycles. The summed E-state index contributed by atoms with van der Waals surface area (Å²) in [6, 6.07) is 7.50. The Kier molecular flexibility index (Phi) is 3.49. The Morgan fingerprint density at radius 2 is 2.42 bits per heavy atom. The molecule has 0 bridgehead atoms. The lowest BCUT2D eigenvalue weighted by molar-refractivity contribution is 0.339. The van der Waals surface area contributed by atoms with Crippen molar-refractivity contribution >= 4 is 11.8 Å². The van der Waals surface area contributed by atoms with Crippen LogP contribution < -0.4 is 4.74 Å². The molecule has 0 aliphatic rings. The summed E-state index contributed by atoms with van der Waals surface area (Å²) in [5, 5.41) is 10.4. The van der Waals surface area contributed by atoms with Crippen LogP contribution >= 0.6 is 11.8 Å². The zero-order valence-electron chi connectivity index (χ0n) is 6.78. The predicted molar refractivity (Wildman–Crippen MR) is 49.1 cm³/mol. The van der Waals surface area contributed by atoms with Crippen molar-refractivity contribution in [3.8, 4) is 11.2 Å². The Morgan fingerprint density at radius 1 is 1.58 bits per heavy atom. The first-order valence-electron chi connectivity index (χ1n) is 3.65. The fourth-order valence-electron chi connectivity index (χ4n) is 0.847. The summed E-state index contributed by atoms with van der Waals surface area (Å²) in [5.41, 5.74) is 0. The Labute approximate surface area is 76.2 Å². The summed E-state index contributed by atoms with van der Waals surface area (Å²) in [6.07, 6.45) is 0. The van der Waals surface area contributed by atoms with Crippen LogP contribution in [0.3, 0.4) is 0 Å². The lowest BCUT2D eigenvalue weighted by Gasteiger charge is -2.02. The van der Waals surface area contributed by atoms with Crippen LogP contribution in [-0.4, -0.2) is 6.61 Å². The second kappa shape index (κ2) is 4.68. The van der Waals surface area contributed by atoms with E-state index in [9.17, 15) is 0 Å². The first-order valence-corrected chi connectivity index (χ1v) is 4.47. The molecule has 0 fully saturated rings. The average Bonchev–Trinajstić information content (AvgIpc) is 2.06. The lowest BCUT2D eigenvalue weighted by atomic mass is 10.3. The number of hydrogen-bond donors (Lipinski definition) is 0. The second-order valence-electron chi connectivity index (χ2n) is 2.10. The molecule has 0 N–H and O–H groups in total. The molecule has 0 aromatic heterocycles. The van der Waals surface area contributed by atoms with Crippen molar-refractivity contribution in [3.63, 3.8) is 0 Å². The molecule has 1 rings (SSSR count). The molecule has 2 nitrogen and oxygen atoms in total. The van der Waals surface area contributed by atoms with Crippen LogP contribution in [0.1, 0.15) is 6.92 Å². The molecule has 0 unspecified atom stereocenters. The number of thiocyanates is 1. The number of benzene rings is 1. The average molecular weight is 179 g/mol. The molecule has 0 amide bonds. The van der Waals surface area contributed by atoms with Crippen molar-refractivity contribution in [2.45, 2.75) is 11.8 Å². The minimum Gasteiger partial charge on any atom is -0.494 e. The minimum absolute atomic E-state index is 0.653. The maximum absolute atomic E-state index is 8.41. The summed E-state index contributed by atoms with van der Waals surface area (Å²) < 4.78 is 5.27.